The van der Waals surface area contributed by atoms with Crippen LogP contribution in [-0.4, -0.2) is 23.8 Å². The molecule has 0 atom stereocenters. The molecule has 3 aromatic carbocycles. The topological polar surface area (TPSA) is 70.9 Å². The van der Waals surface area contributed by atoms with Crippen LogP contribution in [0.5, 0.6) is 11.5 Å². The number of ether oxygens (including phenoxy) is 1. The first kappa shape index (κ1) is 18.5. The van der Waals surface area contributed by atoms with Crippen molar-refractivity contribution in [3.63, 3.8) is 0 Å². The molecule has 0 aliphatic rings. The fourth-order valence-corrected chi connectivity index (χ4v) is 2.54. The third-order valence-corrected chi connectivity index (χ3v) is 3.98. The van der Waals surface area contributed by atoms with Crippen LogP contribution in [0.3, 0.4) is 0 Å². The molecule has 0 aliphatic carbocycles. The zero-order chi connectivity index (χ0) is 19.1. The second-order valence-corrected chi connectivity index (χ2v) is 5.91. The fourth-order valence-electron chi connectivity index (χ4n) is 2.47. The number of carbonyl (C=O) groups is 1. The van der Waals surface area contributed by atoms with Crippen LogP contribution in [0.25, 0.3) is 10.8 Å². The zero-order valence-corrected chi connectivity index (χ0v) is 15.1. The van der Waals surface area contributed by atoms with Gasteiger partial charge in [0.1, 0.15) is 18.1 Å². The first-order valence-electron chi connectivity index (χ1n) is 8.20. The van der Waals surface area contributed by atoms with Crippen LogP contribution in [0.4, 0.5) is 0 Å². The summed E-state index contributed by atoms with van der Waals surface area (Å²) in [4.78, 5) is 12.3. The van der Waals surface area contributed by atoms with Gasteiger partial charge in [0.05, 0.1) is 11.8 Å². The molecular formula is C21H17ClN2O3. The highest BCUT2D eigenvalue weighted by Crippen LogP contribution is 2.24. The van der Waals surface area contributed by atoms with Crippen molar-refractivity contribution in [2.45, 2.75) is 0 Å². The molecule has 1 amide bonds. The van der Waals surface area contributed by atoms with Gasteiger partial charge < -0.3 is 9.84 Å². The average Bonchev–Trinajstić information content (AvgIpc) is 2.68. The Labute approximate surface area is 161 Å². The standard InChI is InChI=1S/C21H17ClN2O3/c22-10-3-11-27-18-8-6-15(7-9-18)14-23-24-21(26)19-12-16-4-1-2-5-17(16)13-20(19)25/h1-10,12-14,25H,11H2,(H,24,26)/b10-3+,23-14+. The number of nitrogens with one attached hydrogen (secondary N) is 1. The highest BCUT2D eigenvalue weighted by Gasteiger charge is 2.11. The predicted octanol–water partition coefficient (Wildman–Crippen LogP) is 4.44. The summed E-state index contributed by atoms with van der Waals surface area (Å²) in [5, 5.41) is 15.7. The molecule has 0 aliphatic heterocycles. The Morgan fingerprint density at radius 2 is 1.81 bits per heavy atom. The number of fused-ring (bicyclic) bond motifs is 1. The number of hydrazone groups is 1. The van der Waals surface area contributed by atoms with Crippen molar-refractivity contribution in [2.24, 2.45) is 5.10 Å². The summed E-state index contributed by atoms with van der Waals surface area (Å²) in [5.74, 6) is 0.128. The molecule has 3 rings (SSSR count). The van der Waals surface area contributed by atoms with Gasteiger partial charge in [0.15, 0.2) is 0 Å². The van der Waals surface area contributed by atoms with E-state index in [1.807, 2.05) is 36.4 Å². The molecule has 0 bridgehead atoms. The first-order valence-corrected chi connectivity index (χ1v) is 8.64. The number of rotatable bonds is 6. The quantitative estimate of drug-likeness (QED) is 0.490. The van der Waals surface area contributed by atoms with E-state index in [9.17, 15) is 9.90 Å². The molecule has 3 aromatic rings. The van der Waals surface area contributed by atoms with Crippen molar-refractivity contribution in [1.29, 1.82) is 0 Å². The summed E-state index contributed by atoms with van der Waals surface area (Å²) in [6.07, 6.45) is 3.20. The van der Waals surface area contributed by atoms with E-state index in [2.05, 4.69) is 10.5 Å². The number of carbonyl (C=O) groups excluding carboxylic acids is 1. The fraction of sp³-hybridized carbons (Fsp3) is 0.0476. The Morgan fingerprint density at radius 3 is 2.52 bits per heavy atom. The van der Waals surface area contributed by atoms with E-state index in [1.54, 1.807) is 30.3 Å². The lowest BCUT2D eigenvalue weighted by Crippen LogP contribution is -2.17. The summed E-state index contributed by atoms with van der Waals surface area (Å²) in [7, 11) is 0. The number of amides is 1. The van der Waals surface area contributed by atoms with Crippen LogP contribution in [-0.2, 0) is 0 Å². The molecule has 0 fully saturated rings. The molecule has 0 spiro atoms. The van der Waals surface area contributed by atoms with Crippen molar-refractivity contribution >= 4 is 34.5 Å². The lowest BCUT2D eigenvalue weighted by molar-refractivity contribution is 0.0952. The molecule has 0 saturated carbocycles. The van der Waals surface area contributed by atoms with Gasteiger partial charge in [-0.3, -0.25) is 4.79 Å². The van der Waals surface area contributed by atoms with Crippen molar-refractivity contribution in [3.05, 3.63) is 83.4 Å². The highest BCUT2D eigenvalue weighted by atomic mass is 35.5. The number of benzene rings is 3. The van der Waals surface area contributed by atoms with Gasteiger partial charge in [0, 0.05) is 5.54 Å². The molecule has 0 unspecified atom stereocenters. The van der Waals surface area contributed by atoms with Crippen molar-refractivity contribution < 1.29 is 14.6 Å². The van der Waals surface area contributed by atoms with Crippen LogP contribution in [0.15, 0.2) is 77.4 Å². The van der Waals surface area contributed by atoms with E-state index in [0.717, 1.165) is 16.3 Å². The Hall–Kier alpha value is -3.31. The Morgan fingerprint density at radius 1 is 1.11 bits per heavy atom. The highest BCUT2D eigenvalue weighted by molar-refractivity contribution is 6.25. The lowest BCUT2D eigenvalue weighted by Gasteiger charge is -2.06. The van der Waals surface area contributed by atoms with Crippen LogP contribution in [0.1, 0.15) is 15.9 Å². The van der Waals surface area contributed by atoms with Gasteiger partial charge in [-0.25, -0.2) is 5.43 Å². The molecule has 0 aromatic heterocycles. The number of halogens is 1. The van der Waals surface area contributed by atoms with Gasteiger partial charge in [-0.2, -0.15) is 5.10 Å². The number of aromatic hydroxyl groups is 1. The van der Waals surface area contributed by atoms with Crippen LogP contribution in [0, 0.1) is 0 Å². The monoisotopic (exact) mass is 380 g/mol. The van der Waals surface area contributed by atoms with E-state index < -0.39 is 5.91 Å². The smallest absolute Gasteiger partial charge is 0.275 e. The minimum Gasteiger partial charge on any atom is -0.507 e. The van der Waals surface area contributed by atoms with Crippen LogP contribution in [0.2, 0.25) is 0 Å². The maximum atomic E-state index is 12.3. The zero-order valence-electron chi connectivity index (χ0n) is 14.3. The largest absolute Gasteiger partial charge is 0.507 e. The molecule has 0 heterocycles. The normalized spacial score (nSPS) is 11.3. The minimum absolute atomic E-state index is 0.0890. The second kappa shape index (κ2) is 8.87. The maximum Gasteiger partial charge on any atom is 0.275 e. The third-order valence-electron chi connectivity index (χ3n) is 3.80. The Bertz CT molecular complexity index is 998. The summed E-state index contributed by atoms with van der Waals surface area (Å²) in [6.45, 7) is 0.391. The molecule has 136 valence electrons. The summed E-state index contributed by atoms with van der Waals surface area (Å²) in [6, 6.07) is 17.9. The van der Waals surface area contributed by atoms with E-state index in [1.165, 1.54) is 11.7 Å². The van der Waals surface area contributed by atoms with E-state index in [0.29, 0.717) is 12.4 Å². The number of phenolic OH excluding ortho intramolecular Hbond substituents is 1. The predicted molar refractivity (Wildman–Crippen MR) is 108 cm³/mol. The number of hydrogen-bond acceptors (Lipinski definition) is 4. The Kier molecular flexibility index (Phi) is 6.07. The van der Waals surface area contributed by atoms with Gasteiger partial charge in [-0.1, -0.05) is 35.9 Å². The minimum atomic E-state index is -0.484. The first-order chi connectivity index (χ1) is 13.2. The summed E-state index contributed by atoms with van der Waals surface area (Å²) in [5.41, 5.74) is 4.78. The summed E-state index contributed by atoms with van der Waals surface area (Å²) >= 11 is 5.43. The van der Waals surface area contributed by atoms with Gasteiger partial charge in [-0.15, -0.1) is 0 Å². The third kappa shape index (κ3) is 4.86. The second-order valence-electron chi connectivity index (χ2n) is 5.66. The molecule has 0 saturated heterocycles. The van der Waals surface area contributed by atoms with Crippen molar-refractivity contribution in [3.8, 4) is 11.5 Å². The molecule has 27 heavy (non-hydrogen) atoms. The lowest BCUT2D eigenvalue weighted by atomic mass is 10.1. The van der Waals surface area contributed by atoms with E-state index in [-0.39, 0.29) is 11.3 Å². The molecule has 5 nitrogen and oxygen atoms in total. The summed E-state index contributed by atoms with van der Waals surface area (Å²) < 4.78 is 5.44. The van der Waals surface area contributed by atoms with Crippen molar-refractivity contribution in [1.82, 2.24) is 5.43 Å². The van der Waals surface area contributed by atoms with Gasteiger partial charge >= 0.3 is 0 Å². The maximum absolute atomic E-state index is 12.3. The van der Waals surface area contributed by atoms with E-state index in [4.69, 9.17) is 16.3 Å². The molecule has 6 heteroatoms. The van der Waals surface area contributed by atoms with Crippen molar-refractivity contribution in [2.75, 3.05) is 6.61 Å². The number of phenols is 1. The molecular weight excluding hydrogens is 364 g/mol. The van der Waals surface area contributed by atoms with Crippen LogP contribution < -0.4 is 10.2 Å². The molecule has 2 N–H and O–H groups in total. The van der Waals surface area contributed by atoms with E-state index >= 15 is 0 Å². The Balaban J connectivity index is 1.64. The average molecular weight is 381 g/mol. The van der Waals surface area contributed by atoms with Gasteiger partial charge in [0.2, 0.25) is 0 Å². The number of nitrogens with zero attached hydrogens (tertiary/aromatic N) is 1. The number of hydrogen-bond donors (Lipinski definition) is 2. The van der Waals surface area contributed by atoms with Crippen LogP contribution >= 0.6 is 11.6 Å². The SMILES string of the molecule is O=C(N/N=C/c1ccc(OC/C=C/Cl)cc1)c1cc2ccccc2cc1O. The van der Waals surface area contributed by atoms with Gasteiger partial charge in [0.25, 0.3) is 5.91 Å². The van der Waals surface area contributed by atoms with Gasteiger partial charge in [-0.05, 0) is 58.8 Å². The molecule has 0 radical (unpaired) electrons.